The number of thioether (sulfide) groups is 1. The highest BCUT2D eigenvalue weighted by Gasteiger charge is 2.41. The van der Waals surface area contributed by atoms with Crippen LogP contribution >= 0.6 is 11.8 Å². The monoisotopic (exact) mass is 1280 g/mol. The first-order valence-electron chi connectivity index (χ1n) is 29.3. The summed E-state index contributed by atoms with van der Waals surface area (Å²) in [6.45, 7) is 3.94. The molecule has 33 nitrogen and oxygen atoms in total. The van der Waals surface area contributed by atoms with Gasteiger partial charge in [0.05, 0.1) is 18.8 Å². The van der Waals surface area contributed by atoms with Crippen LogP contribution in [0.3, 0.4) is 0 Å². The van der Waals surface area contributed by atoms with Gasteiger partial charge in [-0.2, -0.15) is 11.8 Å². The van der Waals surface area contributed by atoms with Gasteiger partial charge in [-0.25, -0.2) is 4.79 Å². The summed E-state index contributed by atoms with van der Waals surface area (Å²) in [4.78, 5) is 158. The minimum Gasteiger partial charge on any atom is -0.508 e. The number of phenols is 1. The second-order valence-electron chi connectivity index (χ2n) is 21.9. The second-order valence-corrected chi connectivity index (χ2v) is 22.9. The number of carbonyl (C=O) groups is 11. The van der Waals surface area contributed by atoms with Gasteiger partial charge in [0.25, 0.3) is 0 Å². The molecule has 0 spiro atoms. The lowest BCUT2D eigenvalue weighted by atomic mass is 10.0. The van der Waals surface area contributed by atoms with Crippen LogP contribution in [0, 0.1) is 5.92 Å². The predicted octanol–water partition coefficient (Wildman–Crippen LogP) is -5.51. The van der Waals surface area contributed by atoms with Crippen LogP contribution in [0.1, 0.15) is 110 Å². The van der Waals surface area contributed by atoms with E-state index >= 15 is 0 Å². The highest BCUT2D eigenvalue weighted by molar-refractivity contribution is 7.98. The largest absolute Gasteiger partial charge is 0.508 e. The molecule has 1 aliphatic heterocycles. The number of carboxylic acid groups (broad SMARTS) is 2. The summed E-state index contributed by atoms with van der Waals surface area (Å²) in [7, 11) is 0. The molecule has 500 valence electrons. The van der Waals surface area contributed by atoms with E-state index in [4.69, 9.17) is 39.5 Å². The Labute approximate surface area is 520 Å². The first kappa shape index (κ1) is 77.0. The summed E-state index contributed by atoms with van der Waals surface area (Å²) < 4.78 is 0. The van der Waals surface area contributed by atoms with E-state index in [1.54, 1.807) is 20.1 Å². The number of aliphatic carboxylic acids is 2. The van der Waals surface area contributed by atoms with Crippen LogP contribution in [-0.4, -0.2) is 219 Å². The molecule has 0 saturated carbocycles. The van der Waals surface area contributed by atoms with Crippen molar-refractivity contribution in [2.45, 2.75) is 177 Å². The molecule has 25 N–H and O–H groups in total. The van der Waals surface area contributed by atoms with Gasteiger partial charge in [-0.1, -0.05) is 26.0 Å². The van der Waals surface area contributed by atoms with Crippen molar-refractivity contribution in [3.05, 3.63) is 29.8 Å². The molecule has 1 aromatic carbocycles. The summed E-state index contributed by atoms with van der Waals surface area (Å²) in [5.41, 5.74) is 33.8. The number of aromatic hydroxyl groups is 1. The molecule has 1 heterocycles. The first-order valence-corrected chi connectivity index (χ1v) is 30.7. The van der Waals surface area contributed by atoms with E-state index in [0.29, 0.717) is 31.4 Å². The Morgan fingerprint density at radius 2 is 1.13 bits per heavy atom. The van der Waals surface area contributed by atoms with Crippen molar-refractivity contribution in [3.63, 3.8) is 0 Å². The van der Waals surface area contributed by atoms with Crippen LogP contribution in [0.25, 0.3) is 0 Å². The number of benzene rings is 1. The van der Waals surface area contributed by atoms with Gasteiger partial charge >= 0.3 is 11.9 Å². The smallest absolute Gasteiger partial charge is 0.326 e. The summed E-state index contributed by atoms with van der Waals surface area (Å²) in [5.74, 6) is -11.4. The normalized spacial score (nSPS) is 16.2. The number of aliphatic hydroxyl groups is 2. The zero-order valence-corrected chi connectivity index (χ0v) is 51.6. The van der Waals surface area contributed by atoms with Gasteiger partial charge in [0, 0.05) is 32.5 Å². The van der Waals surface area contributed by atoms with Gasteiger partial charge < -0.3 is 107 Å². The minimum absolute atomic E-state index is 0.00248. The Balaban J connectivity index is 2.49. The highest BCUT2D eigenvalue weighted by atomic mass is 32.2. The van der Waals surface area contributed by atoms with Gasteiger partial charge in [-0.05, 0) is 126 Å². The van der Waals surface area contributed by atoms with Crippen molar-refractivity contribution >= 4 is 88.8 Å². The zero-order valence-electron chi connectivity index (χ0n) is 50.8. The lowest BCUT2D eigenvalue weighted by Crippen LogP contribution is -2.61. The Kier molecular flexibility index (Phi) is 35.0. The summed E-state index contributed by atoms with van der Waals surface area (Å²) in [6, 6.07) is -8.92. The van der Waals surface area contributed by atoms with Gasteiger partial charge in [0.2, 0.25) is 53.2 Å². The molecular formula is C55H93N17O16S. The second kappa shape index (κ2) is 40.5. The van der Waals surface area contributed by atoms with Crippen molar-refractivity contribution in [2.24, 2.45) is 50.3 Å². The number of unbranched alkanes of at least 4 members (excludes halogenated alkanes) is 1. The van der Waals surface area contributed by atoms with E-state index < -0.39 is 145 Å². The lowest BCUT2D eigenvalue weighted by molar-refractivity contribution is -0.144. The average Bonchev–Trinajstić information content (AvgIpc) is 2.52. The quantitative estimate of drug-likeness (QED) is 0.0165. The Morgan fingerprint density at radius 3 is 1.67 bits per heavy atom. The number of aliphatic imine (C=N–C) groups is 2. The van der Waals surface area contributed by atoms with Gasteiger partial charge in [-0.3, -0.25) is 57.9 Å². The molecule has 0 aliphatic carbocycles. The van der Waals surface area contributed by atoms with E-state index in [0.717, 1.165) is 0 Å². The fourth-order valence-corrected chi connectivity index (χ4v) is 9.70. The number of nitrogens with two attached hydrogens (primary N) is 6. The van der Waals surface area contributed by atoms with Gasteiger partial charge in [-0.15, -0.1) is 0 Å². The molecule has 1 aromatic rings. The van der Waals surface area contributed by atoms with Crippen molar-refractivity contribution < 1.29 is 78.3 Å². The van der Waals surface area contributed by atoms with Gasteiger partial charge in [0.15, 0.2) is 11.9 Å². The van der Waals surface area contributed by atoms with Crippen LogP contribution in [-0.2, 0) is 59.2 Å². The van der Waals surface area contributed by atoms with Gasteiger partial charge in [0.1, 0.15) is 60.1 Å². The number of hydrogen-bond acceptors (Lipinski definition) is 19. The Hall–Kier alpha value is -8.08. The number of carbonyl (C=O) groups excluding carboxylic acids is 9. The third kappa shape index (κ3) is 28.7. The molecule has 1 aliphatic rings. The van der Waals surface area contributed by atoms with Crippen molar-refractivity contribution in [2.75, 3.05) is 44.8 Å². The predicted molar refractivity (Wildman–Crippen MR) is 328 cm³/mol. The van der Waals surface area contributed by atoms with Crippen LogP contribution in [0.15, 0.2) is 34.3 Å². The van der Waals surface area contributed by atoms with E-state index in [1.165, 1.54) is 47.9 Å². The first-order chi connectivity index (χ1) is 42.0. The lowest BCUT2D eigenvalue weighted by Gasteiger charge is -2.31. The fourth-order valence-electron chi connectivity index (χ4n) is 9.23. The minimum atomic E-state index is -1.81. The summed E-state index contributed by atoms with van der Waals surface area (Å²) in [5, 5.41) is 70.3. The van der Waals surface area contributed by atoms with E-state index in [2.05, 4.69) is 52.5 Å². The maximum atomic E-state index is 14.6. The van der Waals surface area contributed by atoms with Crippen molar-refractivity contribution in [1.29, 1.82) is 0 Å². The topological polar surface area (TPSA) is 569 Å². The third-order valence-electron chi connectivity index (χ3n) is 14.0. The van der Waals surface area contributed by atoms with E-state index in [-0.39, 0.29) is 113 Å². The molecular weight excluding hydrogens is 1190 g/mol. The third-order valence-corrected chi connectivity index (χ3v) is 14.7. The Morgan fingerprint density at radius 1 is 0.629 bits per heavy atom. The van der Waals surface area contributed by atoms with Crippen LogP contribution in [0.2, 0.25) is 0 Å². The molecule has 0 aromatic heterocycles. The molecule has 11 atom stereocenters. The standard InChI is InChI=1S/C55H93N17O16S/c1-29(2)26-38(69-51(85)43(30(3)74)71-44(78)33(57)18-19-42(76)77)47(81)64-35(20-25-89-4)46(80)68-39(27-31-14-16-32(75)17-15-31)48(82)70-40(28-73)49(83)66-36(12-8-23-63-55(60)61)52(86)72-24-9-13-41(72)50(84)65-34(11-7-22-62-54(58)59)45(79)67-37(53(87)88)10-5-6-21-56/h14-17,29-30,33-41,43,73-75H,5-13,18-28,56-57H2,1-4H3,(H,64,81)(H,65,84)(H,66,83)(H,67,79)(H,68,80)(H,69,85)(H,70,82)(H,71,78)(H,76,77)(H,87,88)(H4,58,59,62)(H4,60,61,63)/t30-,33+,34+,35+,36+,37+,38+,39+,40+,41+,43+/m1/s1. The molecule has 34 heteroatoms. The fraction of sp³-hybridized carbons (Fsp3) is 0.655. The number of hydrogen-bond donors (Lipinski definition) is 19. The number of guanidine groups is 2. The number of aliphatic hydroxyl groups excluding tert-OH is 2. The van der Waals surface area contributed by atoms with Crippen molar-refractivity contribution in [1.82, 2.24) is 47.4 Å². The van der Waals surface area contributed by atoms with E-state index in [9.17, 15) is 73.2 Å². The number of nitrogens with one attached hydrogen (secondary N) is 8. The molecule has 0 bridgehead atoms. The number of likely N-dealkylation sites (tertiary alicyclic amines) is 1. The van der Waals surface area contributed by atoms with Crippen molar-refractivity contribution in [3.8, 4) is 5.75 Å². The number of phenolic OH excluding ortho intramolecular Hbond substituents is 1. The number of amides is 9. The van der Waals surface area contributed by atoms with E-state index in [1.807, 2.05) is 0 Å². The maximum Gasteiger partial charge on any atom is 0.326 e. The summed E-state index contributed by atoms with van der Waals surface area (Å²) in [6.07, 6.45) is 0.504. The number of nitrogens with zero attached hydrogens (tertiary/aromatic N) is 3. The van der Waals surface area contributed by atoms with Crippen LogP contribution < -0.4 is 76.9 Å². The molecule has 1 saturated heterocycles. The molecule has 89 heavy (non-hydrogen) atoms. The molecule has 2 rings (SSSR count). The maximum absolute atomic E-state index is 14.6. The molecule has 0 unspecified atom stereocenters. The number of rotatable bonds is 42. The Bertz CT molecular complexity index is 2570. The number of carboxylic acids is 2. The highest BCUT2D eigenvalue weighted by Crippen LogP contribution is 2.21. The zero-order chi connectivity index (χ0) is 66.9. The van der Waals surface area contributed by atoms with Crippen LogP contribution in [0.5, 0.6) is 5.75 Å². The molecule has 0 radical (unpaired) electrons. The molecule has 1 fully saturated rings. The van der Waals surface area contributed by atoms with Crippen LogP contribution in [0.4, 0.5) is 0 Å². The summed E-state index contributed by atoms with van der Waals surface area (Å²) >= 11 is 1.31. The average molecular weight is 1280 g/mol. The SMILES string of the molecule is CSCC[C@H](NC(=O)[C@H](CC(C)C)NC(=O)[C@@H](NC(=O)[C@@H](N)CCC(=O)O)[C@@H](C)O)C(=O)N[C@@H](Cc1ccc(O)cc1)C(=O)N[C@@H](CO)C(=O)N[C@@H](CCCN=C(N)N)C(=O)N1CCC[C@H]1C(=O)N[C@@H](CCCN=C(N)N)C(=O)N[C@@H](CCCCN)C(=O)O. The molecule has 9 amide bonds.